The van der Waals surface area contributed by atoms with Gasteiger partial charge >= 0.3 is 6.18 Å². The largest absolute Gasteiger partial charge is 0.417 e. The van der Waals surface area contributed by atoms with E-state index in [1.807, 2.05) is 6.07 Å². The topological polar surface area (TPSA) is 17.1 Å². The molecule has 0 aliphatic rings. The van der Waals surface area contributed by atoms with Crippen LogP contribution in [-0.4, -0.2) is 5.78 Å². The molecule has 0 atom stereocenters. The molecule has 2 aromatic carbocycles. The Hall–Kier alpha value is -2.07. The summed E-state index contributed by atoms with van der Waals surface area (Å²) in [5.41, 5.74) is -0.280. The van der Waals surface area contributed by atoms with E-state index in [0.29, 0.717) is 0 Å². The van der Waals surface area contributed by atoms with Crippen molar-refractivity contribution in [3.63, 3.8) is 0 Å². The van der Waals surface area contributed by atoms with E-state index in [2.05, 4.69) is 0 Å². The predicted molar refractivity (Wildman–Crippen MR) is 76.3 cm³/mol. The van der Waals surface area contributed by atoms with Crippen LogP contribution in [-0.2, 0) is 6.18 Å². The third kappa shape index (κ3) is 3.95. The summed E-state index contributed by atoms with van der Waals surface area (Å²) in [6, 6.07) is 12.1. The maximum absolute atomic E-state index is 12.7. The lowest BCUT2D eigenvalue weighted by Gasteiger charge is -2.09. The van der Waals surface area contributed by atoms with E-state index < -0.39 is 22.5 Å². The number of benzene rings is 2. The first kappa shape index (κ1) is 15.3. The first-order valence-electron chi connectivity index (χ1n) is 6.02. The van der Waals surface area contributed by atoms with Crippen LogP contribution in [0.5, 0.6) is 0 Å². The van der Waals surface area contributed by atoms with Crippen LogP contribution in [0.1, 0.15) is 21.5 Å². The lowest BCUT2D eigenvalue weighted by molar-refractivity contribution is -0.137. The molecular formula is C16H10ClF3O. The van der Waals surface area contributed by atoms with E-state index in [1.165, 1.54) is 12.1 Å². The van der Waals surface area contributed by atoms with Crippen LogP contribution in [0.4, 0.5) is 13.2 Å². The van der Waals surface area contributed by atoms with Crippen molar-refractivity contribution in [2.45, 2.75) is 6.18 Å². The summed E-state index contributed by atoms with van der Waals surface area (Å²) in [6.07, 6.45) is -1.81. The fourth-order valence-corrected chi connectivity index (χ4v) is 1.95. The molecule has 0 amide bonds. The molecule has 0 saturated heterocycles. The SMILES string of the molecule is O=C(C=Cc1ccccc1)c1ccc(Cl)c(C(F)(F)F)c1. The minimum absolute atomic E-state index is 0.0566. The number of rotatable bonds is 3. The van der Waals surface area contributed by atoms with Gasteiger partial charge in [0.05, 0.1) is 10.6 Å². The quantitative estimate of drug-likeness (QED) is 0.558. The number of allylic oxidation sites excluding steroid dienone is 1. The summed E-state index contributed by atoms with van der Waals surface area (Å²) in [5.74, 6) is -0.513. The van der Waals surface area contributed by atoms with Gasteiger partial charge < -0.3 is 0 Å². The second-order valence-corrected chi connectivity index (χ2v) is 4.71. The smallest absolute Gasteiger partial charge is 0.289 e. The molecule has 0 N–H and O–H groups in total. The van der Waals surface area contributed by atoms with Crippen molar-refractivity contribution in [3.8, 4) is 0 Å². The maximum Gasteiger partial charge on any atom is 0.417 e. The van der Waals surface area contributed by atoms with Crippen molar-refractivity contribution in [3.05, 3.63) is 76.3 Å². The second kappa shape index (κ2) is 6.14. The molecular weight excluding hydrogens is 301 g/mol. The molecule has 2 aromatic rings. The standard InChI is InChI=1S/C16H10ClF3O/c17-14-8-7-12(10-13(14)16(18,19)20)15(21)9-6-11-4-2-1-3-5-11/h1-10H. The molecule has 0 fully saturated rings. The van der Waals surface area contributed by atoms with Gasteiger partial charge in [-0.25, -0.2) is 0 Å². The van der Waals surface area contributed by atoms with Gasteiger partial charge in [0.15, 0.2) is 5.78 Å². The van der Waals surface area contributed by atoms with Gasteiger partial charge in [-0.2, -0.15) is 13.2 Å². The van der Waals surface area contributed by atoms with Gasteiger partial charge in [-0.3, -0.25) is 4.79 Å². The Labute approximate surface area is 124 Å². The molecule has 5 heteroatoms. The van der Waals surface area contributed by atoms with Crippen LogP contribution < -0.4 is 0 Å². The number of alkyl halides is 3. The number of halogens is 4. The highest BCUT2D eigenvalue weighted by Gasteiger charge is 2.33. The van der Waals surface area contributed by atoms with Crippen LogP contribution in [0, 0.1) is 0 Å². The van der Waals surface area contributed by atoms with Crippen LogP contribution >= 0.6 is 11.6 Å². The van der Waals surface area contributed by atoms with E-state index in [4.69, 9.17) is 11.6 Å². The van der Waals surface area contributed by atoms with E-state index >= 15 is 0 Å². The van der Waals surface area contributed by atoms with Gasteiger partial charge in [0.1, 0.15) is 0 Å². The monoisotopic (exact) mass is 310 g/mol. The molecule has 0 spiro atoms. The number of carbonyl (C=O) groups excluding carboxylic acids is 1. The highest BCUT2D eigenvalue weighted by atomic mass is 35.5. The fraction of sp³-hybridized carbons (Fsp3) is 0.0625. The third-order valence-corrected chi connectivity index (χ3v) is 3.11. The Kier molecular flexibility index (Phi) is 4.48. The second-order valence-electron chi connectivity index (χ2n) is 4.30. The lowest BCUT2D eigenvalue weighted by Crippen LogP contribution is -2.07. The molecule has 0 saturated carbocycles. The van der Waals surface area contributed by atoms with Crippen LogP contribution in [0.25, 0.3) is 6.08 Å². The Bertz CT molecular complexity index is 676. The van der Waals surface area contributed by atoms with E-state index in [9.17, 15) is 18.0 Å². The van der Waals surface area contributed by atoms with Crippen molar-refractivity contribution in [1.82, 2.24) is 0 Å². The normalized spacial score (nSPS) is 11.8. The molecule has 0 aliphatic heterocycles. The van der Waals surface area contributed by atoms with Gasteiger partial charge in [-0.15, -0.1) is 0 Å². The van der Waals surface area contributed by atoms with E-state index in [0.717, 1.165) is 17.7 Å². The zero-order valence-corrected chi connectivity index (χ0v) is 11.4. The molecule has 0 aromatic heterocycles. The van der Waals surface area contributed by atoms with Crippen molar-refractivity contribution >= 4 is 23.5 Å². The maximum atomic E-state index is 12.7. The molecule has 21 heavy (non-hydrogen) atoms. The summed E-state index contributed by atoms with van der Waals surface area (Å²) < 4.78 is 38.2. The minimum atomic E-state index is -4.59. The third-order valence-electron chi connectivity index (χ3n) is 2.78. The molecule has 0 heterocycles. The van der Waals surface area contributed by atoms with Crippen LogP contribution in [0.2, 0.25) is 5.02 Å². The van der Waals surface area contributed by atoms with Gasteiger partial charge in [0, 0.05) is 5.56 Å². The van der Waals surface area contributed by atoms with Crippen LogP contribution in [0.15, 0.2) is 54.6 Å². The molecule has 0 aliphatic carbocycles. The summed E-state index contributed by atoms with van der Waals surface area (Å²) in [5, 5.41) is -0.425. The van der Waals surface area contributed by atoms with Gasteiger partial charge in [-0.05, 0) is 29.8 Å². The lowest BCUT2D eigenvalue weighted by atomic mass is 10.1. The summed E-state index contributed by atoms with van der Waals surface area (Å²) in [6.45, 7) is 0. The zero-order chi connectivity index (χ0) is 15.5. The van der Waals surface area contributed by atoms with Gasteiger partial charge in [-0.1, -0.05) is 48.0 Å². The molecule has 108 valence electrons. The van der Waals surface area contributed by atoms with E-state index in [-0.39, 0.29) is 5.56 Å². The average Bonchev–Trinajstić information content (AvgIpc) is 2.45. The Balaban J connectivity index is 2.26. The fourth-order valence-electron chi connectivity index (χ4n) is 1.73. The zero-order valence-electron chi connectivity index (χ0n) is 10.7. The first-order chi connectivity index (χ1) is 9.88. The molecule has 0 radical (unpaired) electrons. The van der Waals surface area contributed by atoms with Gasteiger partial charge in [0.2, 0.25) is 0 Å². The molecule has 1 nitrogen and oxygen atoms in total. The highest BCUT2D eigenvalue weighted by Crippen LogP contribution is 2.35. The molecule has 0 bridgehead atoms. The summed E-state index contributed by atoms with van der Waals surface area (Å²) in [4.78, 5) is 11.9. The Morgan fingerprint density at radius 1 is 1.05 bits per heavy atom. The highest BCUT2D eigenvalue weighted by molar-refractivity contribution is 6.31. The summed E-state index contributed by atoms with van der Waals surface area (Å²) >= 11 is 5.51. The minimum Gasteiger partial charge on any atom is -0.289 e. The van der Waals surface area contributed by atoms with Crippen molar-refractivity contribution < 1.29 is 18.0 Å². The Morgan fingerprint density at radius 3 is 2.33 bits per heavy atom. The van der Waals surface area contributed by atoms with Crippen molar-refractivity contribution in [2.75, 3.05) is 0 Å². The number of ketones is 1. The number of carbonyl (C=O) groups is 1. The Morgan fingerprint density at radius 2 is 1.71 bits per heavy atom. The summed E-state index contributed by atoms with van der Waals surface area (Å²) in [7, 11) is 0. The molecule has 2 rings (SSSR count). The van der Waals surface area contributed by atoms with E-state index in [1.54, 1.807) is 30.3 Å². The van der Waals surface area contributed by atoms with Crippen LogP contribution in [0.3, 0.4) is 0 Å². The van der Waals surface area contributed by atoms with Crippen molar-refractivity contribution in [2.24, 2.45) is 0 Å². The van der Waals surface area contributed by atoms with Gasteiger partial charge in [0.25, 0.3) is 0 Å². The van der Waals surface area contributed by atoms with Crippen molar-refractivity contribution in [1.29, 1.82) is 0 Å². The number of hydrogen-bond donors (Lipinski definition) is 0. The molecule has 0 unspecified atom stereocenters. The first-order valence-corrected chi connectivity index (χ1v) is 6.40. The number of hydrogen-bond acceptors (Lipinski definition) is 1. The average molecular weight is 311 g/mol. The predicted octanol–water partition coefficient (Wildman–Crippen LogP) is 5.25.